The molecule has 1 heterocycles. The summed E-state index contributed by atoms with van der Waals surface area (Å²) in [6, 6.07) is 9.19. The number of benzene rings is 1. The Labute approximate surface area is 158 Å². The monoisotopic (exact) mass is 391 g/mol. The average molecular weight is 391 g/mol. The number of aromatic nitrogens is 1. The SMILES string of the molecule is CS(=O)(=O)N[C@@H]1CCC[C@@H](NC(=O)c2ccc(-c3cccc(F)c3)nc2)C1. The van der Waals surface area contributed by atoms with E-state index in [1.807, 2.05) is 0 Å². The minimum atomic E-state index is -3.26. The Morgan fingerprint density at radius 3 is 2.63 bits per heavy atom. The van der Waals surface area contributed by atoms with Crippen LogP contribution in [0.3, 0.4) is 0 Å². The first kappa shape index (κ1) is 19.4. The van der Waals surface area contributed by atoms with Gasteiger partial charge >= 0.3 is 0 Å². The van der Waals surface area contributed by atoms with Gasteiger partial charge in [-0.2, -0.15) is 0 Å². The lowest BCUT2D eigenvalue weighted by molar-refractivity contribution is 0.0924. The Kier molecular flexibility index (Phi) is 5.86. The second kappa shape index (κ2) is 8.14. The van der Waals surface area contributed by atoms with Crippen LogP contribution in [0.5, 0.6) is 0 Å². The Morgan fingerprint density at radius 1 is 1.19 bits per heavy atom. The number of hydrogen-bond donors (Lipinski definition) is 2. The lowest BCUT2D eigenvalue weighted by atomic mass is 9.91. The van der Waals surface area contributed by atoms with Crippen molar-refractivity contribution in [2.45, 2.75) is 37.8 Å². The van der Waals surface area contributed by atoms with Gasteiger partial charge in [-0.25, -0.2) is 17.5 Å². The molecule has 1 aromatic carbocycles. The minimum absolute atomic E-state index is 0.0894. The molecular weight excluding hydrogens is 369 g/mol. The summed E-state index contributed by atoms with van der Waals surface area (Å²) in [6.07, 6.45) is 5.58. The molecule has 1 saturated carbocycles. The third kappa shape index (κ3) is 5.58. The summed E-state index contributed by atoms with van der Waals surface area (Å²) in [7, 11) is -3.26. The number of nitrogens with zero attached hydrogens (tertiary/aromatic N) is 1. The molecule has 1 aliphatic rings. The molecule has 1 amide bonds. The quantitative estimate of drug-likeness (QED) is 0.820. The van der Waals surface area contributed by atoms with Crippen LogP contribution in [-0.4, -0.2) is 37.6 Å². The third-order valence-corrected chi connectivity index (χ3v) is 5.30. The number of carbonyl (C=O) groups excluding carboxylic acids is 1. The normalized spacial score (nSPS) is 20.2. The van der Waals surface area contributed by atoms with E-state index in [9.17, 15) is 17.6 Å². The molecule has 1 aromatic heterocycles. The number of halogens is 1. The van der Waals surface area contributed by atoms with Crippen molar-refractivity contribution in [2.24, 2.45) is 0 Å². The lowest BCUT2D eigenvalue weighted by Crippen LogP contribution is -2.45. The fraction of sp³-hybridized carbons (Fsp3) is 0.368. The number of amides is 1. The van der Waals surface area contributed by atoms with Crippen LogP contribution in [0.1, 0.15) is 36.0 Å². The highest BCUT2D eigenvalue weighted by atomic mass is 32.2. The van der Waals surface area contributed by atoms with Gasteiger partial charge in [0.1, 0.15) is 5.82 Å². The van der Waals surface area contributed by atoms with E-state index >= 15 is 0 Å². The van der Waals surface area contributed by atoms with E-state index in [0.717, 1.165) is 25.5 Å². The lowest BCUT2D eigenvalue weighted by Gasteiger charge is -2.29. The van der Waals surface area contributed by atoms with Crippen molar-refractivity contribution in [1.82, 2.24) is 15.0 Å². The van der Waals surface area contributed by atoms with E-state index in [4.69, 9.17) is 0 Å². The van der Waals surface area contributed by atoms with Crippen LogP contribution >= 0.6 is 0 Å². The fourth-order valence-electron chi connectivity index (χ4n) is 3.35. The van der Waals surface area contributed by atoms with Crippen LogP contribution in [0.25, 0.3) is 11.3 Å². The highest BCUT2D eigenvalue weighted by molar-refractivity contribution is 7.88. The van der Waals surface area contributed by atoms with Gasteiger partial charge in [-0.1, -0.05) is 12.1 Å². The molecule has 144 valence electrons. The van der Waals surface area contributed by atoms with E-state index in [1.165, 1.54) is 18.3 Å². The summed E-state index contributed by atoms with van der Waals surface area (Å²) < 4.78 is 38.7. The van der Waals surface area contributed by atoms with Crippen molar-refractivity contribution in [3.63, 3.8) is 0 Å². The summed E-state index contributed by atoms with van der Waals surface area (Å²) in [5, 5.41) is 2.95. The molecule has 1 fully saturated rings. The highest BCUT2D eigenvalue weighted by Gasteiger charge is 2.25. The molecule has 0 unspecified atom stereocenters. The predicted octanol–water partition coefficient (Wildman–Crippen LogP) is 2.48. The fourth-order valence-corrected chi connectivity index (χ4v) is 4.17. The molecule has 0 spiro atoms. The molecule has 2 aromatic rings. The van der Waals surface area contributed by atoms with Gasteiger partial charge < -0.3 is 5.32 Å². The van der Waals surface area contributed by atoms with Crippen LogP contribution in [0.4, 0.5) is 4.39 Å². The van der Waals surface area contributed by atoms with Gasteiger partial charge in [0.2, 0.25) is 10.0 Å². The predicted molar refractivity (Wildman–Crippen MR) is 101 cm³/mol. The molecule has 0 aliphatic heterocycles. The number of nitrogens with one attached hydrogen (secondary N) is 2. The molecule has 1 aliphatic carbocycles. The summed E-state index contributed by atoms with van der Waals surface area (Å²) in [5.74, 6) is -0.594. The van der Waals surface area contributed by atoms with Crippen molar-refractivity contribution in [2.75, 3.05) is 6.26 Å². The van der Waals surface area contributed by atoms with Gasteiger partial charge in [-0.3, -0.25) is 9.78 Å². The van der Waals surface area contributed by atoms with E-state index in [0.29, 0.717) is 23.2 Å². The van der Waals surface area contributed by atoms with Gasteiger partial charge in [-0.05, 0) is 49.9 Å². The number of pyridine rings is 1. The standard InChI is InChI=1S/C19H22FN3O3S/c1-27(25,26)23-17-7-3-6-16(11-17)22-19(24)14-8-9-18(21-12-14)13-4-2-5-15(20)10-13/h2,4-5,8-10,12,16-17,23H,3,6-7,11H2,1H3,(H,22,24)/t16-,17-/m1/s1. The molecule has 6 nitrogen and oxygen atoms in total. The minimum Gasteiger partial charge on any atom is -0.349 e. The van der Waals surface area contributed by atoms with Crippen molar-refractivity contribution in [3.8, 4) is 11.3 Å². The second-order valence-electron chi connectivity index (χ2n) is 6.87. The Morgan fingerprint density at radius 2 is 1.96 bits per heavy atom. The number of rotatable bonds is 5. The van der Waals surface area contributed by atoms with E-state index in [-0.39, 0.29) is 23.8 Å². The van der Waals surface area contributed by atoms with Gasteiger partial charge in [0, 0.05) is 23.8 Å². The zero-order chi connectivity index (χ0) is 19.4. The Balaban J connectivity index is 1.62. The van der Waals surface area contributed by atoms with Gasteiger partial charge in [0.15, 0.2) is 0 Å². The van der Waals surface area contributed by atoms with Crippen molar-refractivity contribution in [1.29, 1.82) is 0 Å². The Hall–Kier alpha value is -2.32. The maximum atomic E-state index is 13.3. The maximum absolute atomic E-state index is 13.3. The molecular formula is C19H22FN3O3S. The first-order chi connectivity index (χ1) is 12.8. The molecule has 8 heteroatoms. The van der Waals surface area contributed by atoms with Gasteiger partial charge in [0.05, 0.1) is 17.5 Å². The number of hydrogen-bond acceptors (Lipinski definition) is 4. The van der Waals surface area contributed by atoms with Gasteiger partial charge in [-0.15, -0.1) is 0 Å². The molecule has 0 radical (unpaired) electrons. The number of sulfonamides is 1. The summed E-state index contributed by atoms with van der Waals surface area (Å²) >= 11 is 0. The molecule has 27 heavy (non-hydrogen) atoms. The molecule has 2 atom stereocenters. The van der Waals surface area contributed by atoms with Gasteiger partial charge in [0.25, 0.3) is 5.91 Å². The number of carbonyl (C=O) groups is 1. The van der Waals surface area contributed by atoms with Crippen LogP contribution in [-0.2, 0) is 10.0 Å². The van der Waals surface area contributed by atoms with Crippen molar-refractivity contribution < 1.29 is 17.6 Å². The van der Waals surface area contributed by atoms with E-state index in [1.54, 1.807) is 24.3 Å². The van der Waals surface area contributed by atoms with Crippen molar-refractivity contribution in [3.05, 3.63) is 54.0 Å². The van der Waals surface area contributed by atoms with E-state index in [2.05, 4.69) is 15.0 Å². The Bertz CT molecular complexity index is 916. The molecule has 3 rings (SSSR count). The van der Waals surface area contributed by atoms with E-state index < -0.39 is 10.0 Å². The zero-order valence-corrected chi connectivity index (χ0v) is 15.8. The summed E-state index contributed by atoms with van der Waals surface area (Å²) in [6.45, 7) is 0. The first-order valence-corrected chi connectivity index (χ1v) is 10.7. The molecule has 2 N–H and O–H groups in total. The third-order valence-electron chi connectivity index (χ3n) is 4.54. The van der Waals surface area contributed by atoms with Crippen LogP contribution in [0.2, 0.25) is 0 Å². The summed E-state index contributed by atoms with van der Waals surface area (Å²) in [4.78, 5) is 16.7. The second-order valence-corrected chi connectivity index (χ2v) is 8.65. The summed E-state index contributed by atoms with van der Waals surface area (Å²) in [5.41, 5.74) is 1.64. The molecule has 0 saturated heterocycles. The average Bonchev–Trinajstić information content (AvgIpc) is 2.61. The van der Waals surface area contributed by atoms with Crippen LogP contribution in [0.15, 0.2) is 42.6 Å². The smallest absolute Gasteiger partial charge is 0.253 e. The topological polar surface area (TPSA) is 88.2 Å². The van der Waals surface area contributed by atoms with Crippen LogP contribution in [0, 0.1) is 5.82 Å². The largest absolute Gasteiger partial charge is 0.349 e. The van der Waals surface area contributed by atoms with Crippen LogP contribution < -0.4 is 10.0 Å². The molecule has 0 bridgehead atoms. The zero-order valence-electron chi connectivity index (χ0n) is 15.0. The highest BCUT2D eigenvalue weighted by Crippen LogP contribution is 2.21. The first-order valence-electron chi connectivity index (χ1n) is 8.80. The van der Waals surface area contributed by atoms with Crippen molar-refractivity contribution >= 4 is 15.9 Å². The maximum Gasteiger partial charge on any atom is 0.253 e.